The summed E-state index contributed by atoms with van der Waals surface area (Å²) in [6.45, 7) is 3.33. The highest BCUT2D eigenvalue weighted by molar-refractivity contribution is 9.10. The number of aromatic nitrogens is 3. The van der Waals surface area contributed by atoms with E-state index in [9.17, 15) is 0 Å². The van der Waals surface area contributed by atoms with Crippen molar-refractivity contribution >= 4 is 44.7 Å². The Morgan fingerprint density at radius 2 is 2.25 bits per heavy atom. The van der Waals surface area contributed by atoms with Gasteiger partial charge in [-0.3, -0.25) is 0 Å². The lowest BCUT2D eigenvalue weighted by atomic mass is 10.3. The molecule has 20 heavy (non-hydrogen) atoms. The first kappa shape index (κ1) is 15.6. The van der Waals surface area contributed by atoms with Gasteiger partial charge in [0.15, 0.2) is 10.8 Å². The molecule has 5 nitrogen and oxygen atoms in total. The molecule has 0 bridgehead atoms. The van der Waals surface area contributed by atoms with Gasteiger partial charge in [-0.2, -0.15) is 0 Å². The summed E-state index contributed by atoms with van der Waals surface area (Å²) < 4.78 is 6.61. The van der Waals surface area contributed by atoms with Crippen LogP contribution in [0.15, 0.2) is 10.7 Å². The third kappa shape index (κ3) is 3.66. The van der Waals surface area contributed by atoms with Crippen LogP contribution in [0.3, 0.4) is 0 Å². The molecule has 0 radical (unpaired) electrons. The van der Waals surface area contributed by atoms with Crippen LogP contribution in [0.2, 0.25) is 4.34 Å². The van der Waals surface area contributed by atoms with E-state index >= 15 is 0 Å². The number of nitrogens with one attached hydrogen (secondary N) is 1. The Labute approximate surface area is 134 Å². The first-order chi connectivity index (χ1) is 9.65. The fraction of sp³-hybridized carbons (Fsp3) is 0.417. The second kappa shape index (κ2) is 7.31. The van der Waals surface area contributed by atoms with E-state index in [1.54, 1.807) is 13.3 Å². The minimum atomic E-state index is 0.399. The maximum absolute atomic E-state index is 5.92. The standard InChI is InChI=1S/C12H14BrClN4OS/c1-3-4-15-10-9(13)7(6-19-2)17-11(18-10)12-16-5-8(14)20-12/h5H,3-4,6H2,1-2H3,(H,15,17,18). The van der Waals surface area contributed by atoms with Gasteiger partial charge in [-0.15, -0.1) is 0 Å². The summed E-state index contributed by atoms with van der Waals surface area (Å²) >= 11 is 10.8. The lowest BCUT2D eigenvalue weighted by molar-refractivity contribution is 0.181. The summed E-state index contributed by atoms with van der Waals surface area (Å²) in [5.74, 6) is 1.30. The van der Waals surface area contributed by atoms with Crippen molar-refractivity contribution in [2.45, 2.75) is 20.0 Å². The minimum absolute atomic E-state index is 0.399. The van der Waals surface area contributed by atoms with Gasteiger partial charge >= 0.3 is 0 Å². The van der Waals surface area contributed by atoms with Crippen molar-refractivity contribution in [2.75, 3.05) is 19.0 Å². The number of ether oxygens (including phenoxy) is 1. The number of nitrogens with zero attached hydrogens (tertiary/aromatic N) is 3. The van der Waals surface area contributed by atoms with E-state index in [0.717, 1.165) is 29.0 Å². The van der Waals surface area contributed by atoms with E-state index in [1.807, 2.05) is 0 Å². The first-order valence-electron chi connectivity index (χ1n) is 6.06. The maximum atomic E-state index is 5.92. The van der Waals surface area contributed by atoms with E-state index in [0.29, 0.717) is 21.8 Å². The van der Waals surface area contributed by atoms with Gasteiger partial charge in [-0.1, -0.05) is 29.9 Å². The fourth-order valence-electron chi connectivity index (χ4n) is 1.54. The van der Waals surface area contributed by atoms with Crippen LogP contribution < -0.4 is 5.32 Å². The van der Waals surface area contributed by atoms with Gasteiger partial charge in [-0.05, 0) is 22.4 Å². The highest BCUT2D eigenvalue weighted by Crippen LogP contribution is 2.30. The average Bonchev–Trinajstić information content (AvgIpc) is 2.86. The van der Waals surface area contributed by atoms with Crippen LogP contribution in [0.1, 0.15) is 19.0 Å². The van der Waals surface area contributed by atoms with Crippen LogP contribution in [-0.4, -0.2) is 28.6 Å². The lowest BCUT2D eigenvalue weighted by Gasteiger charge is -2.11. The number of halogens is 2. The second-order valence-corrected chi connectivity index (χ2v) is 6.44. The van der Waals surface area contributed by atoms with Gasteiger partial charge in [0.25, 0.3) is 0 Å². The zero-order chi connectivity index (χ0) is 14.5. The molecular weight excluding hydrogens is 364 g/mol. The Hall–Kier alpha value is -0.760. The Kier molecular flexibility index (Phi) is 5.71. The number of thiazole rings is 1. The molecule has 2 heterocycles. The van der Waals surface area contributed by atoms with Crippen molar-refractivity contribution in [3.63, 3.8) is 0 Å². The van der Waals surface area contributed by atoms with Crippen LogP contribution in [0.25, 0.3) is 10.8 Å². The van der Waals surface area contributed by atoms with Crippen molar-refractivity contribution < 1.29 is 4.74 Å². The summed E-state index contributed by atoms with van der Waals surface area (Å²) in [6, 6.07) is 0. The Morgan fingerprint density at radius 1 is 1.45 bits per heavy atom. The van der Waals surface area contributed by atoms with Crippen molar-refractivity contribution in [3.8, 4) is 10.8 Å². The largest absolute Gasteiger partial charge is 0.378 e. The SMILES string of the molecule is CCCNc1nc(-c2ncc(Cl)s2)nc(COC)c1Br. The molecule has 0 amide bonds. The number of hydrogen-bond donors (Lipinski definition) is 1. The van der Waals surface area contributed by atoms with E-state index in [4.69, 9.17) is 16.3 Å². The highest BCUT2D eigenvalue weighted by Gasteiger charge is 2.15. The molecule has 2 rings (SSSR count). The molecule has 0 aliphatic carbocycles. The van der Waals surface area contributed by atoms with Crippen molar-refractivity contribution in [1.82, 2.24) is 15.0 Å². The van der Waals surface area contributed by atoms with Crippen molar-refractivity contribution in [2.24, 2.45) is 0 Å². The van der Waals surface area contributed by atoms with Gasteiger partial charge in [-0.25, -0.2) is 15.0 Å². The fourth-order valence-corrected chi connectivity index (χ4v) is 2.82. The zero-order valence-electron chi connectivity index (χ0n) is 11.1. The van der Waals surface area contributed by atoms with E-state index in [1.165, 1.54) is 11.3 Å². The third-order valence-electron chi connectivity index (χ3n) is 2.41. The molecule has 0 fully saturated rings. The topological polar surface area (TPSA) is 59.9 Å². The second-order valence-electron chi connectivity index (χ2n) is 3.99. The van der Waals surface area contributed by atoms with Crippen molar-refractivity contribution in [3.05, 3.63) is 20.7 Å². The smallest absolute Gasteiger partial charge is 0.191 e. The number of rotatable bonds is 6. The molecule has 0 unspecified atom stereocenters. The predicted molar refractivity (Wildman–Crippen MR) is 85.3 cm³/mol. The van der Waals surface area contributed by atoms with Gasteiger partial charge in [0.05, 0.1) is 23.0 Å². The van der Waals surface area contributed by atoms with Gasteiger partial charge in [0, 0.05) is 13.7 Å². The maximum Gasteiger partial charge on any atom is 0.191 e. The average molecular weight is 378 g/mol. The summed E-state index contributed by atoms with van der Waals surface area (Å²) in [6.07, 6.45) is 2.61. The highest BCUT2D eigenvalue weighted by atomic mass is 79.9. The van der Waals surface area contributed by atoms with Crippen LogP contribution in [-0.2, 0) is 11.3 Å². The molecule has 2 aromatic heterocycles. The quantitative estimate of drug-likeness (QED) is 0.825. The molecule has 0 aliphatic heterocycles. The molecule has 0 aliphatic rings. The summed E-state index contributed by atoms with van der Waals surface area (Å²) in [4.78, 5) is 13.2. The summed E-state index contributed by atoms with van der Waals surface area (Å²) in [5, 5.41) is 3.96. The van der Waals surface area contributed by atoms with Crippen molar-refractivity contribution in [1.29, 1.82) is 0 Å². The summed E-state index contributed by atoms with van der Waals surface area (Å²) in [5.41, 5.74) is 0.780. The van der Waals surface area contributed by atoms with E-state index in [2.05, 4.69) is 43.1 Å². The monoisotopic (exact) mass is 376 g/mol. The number of methoxy groups -OCH3 is 1. The van der Waals surface area contributed by atoms with Crippen LogP contribution >= 0.6 is 38.9 Å². The third-order valence-corrected chi connectivity index (χ3v) is 4.36. The lowest BCUT2D eigenvalue weighted by Crippen LogP contribution is -2.08. The molecule has 0 saturated heterocycles. The van der Waals surface area contributed by atoms with Crippen LogP contribution in [0.4, 0.5) is 5.82 Å². The Balaban J connectivity index is 2.43. The normalized spacial score (nSPS) is 10.8. The van der Waals surface area contributed by atoms with Crippen LogP contribution in [0, 0.1) is 0 Å². The molecule has 1 N–H and O–H groups in total. The number of hydrogen-bond acceptors (Lipinski definition) is 6. The molecule has 0 aromatic carbocycles. The molecule has 0 saturated carbocycles. The Bertz CT molecular complexity index is 593. The summed E-state index contributed by atoms with van der Waals surface area (Å²) in [7, 11) is 1.63. The van der Waals surface area contributed by atoms with Gasteiger partial charge < -0.3 is 10.1 Å². The van der Waals surface area contributed by atoms with Gasteiger partial charge in [0.1, 0.15) is 10.2 Å². The molecular formula is C12H14BrClN4OS. The minimum Gasteiger partial charge on any atom is -0.378 e. The van der Waals surface area contributed by atoms with Crippen LogP contribution in [0.5, 0.6) is 0 Å². The first-order valence-corrected chi connectivity index (χ1v) is 8.05. The zero-order valence-corrected chi connectivity index (χ0v) is 14.3. The molecule has 8 heteroatoms. The Morgan fingerprint density at radius 3 is 2.85 bits per heavy atom. The molecule has 0 atom stereocenters. The molecule has 2 aromatic rings. The van der Waals surface area contributed by atoms with E-state index < -0.39 is 0 Å². The molecule has 0 spiro atoms. The number of anilines is 1. The molecule has 108 valence electrons. The van der Waals surface area contributed by atoms with Gasteiger partial charge in [0.2, 0.25) is 0 Å². The predicted octanol–water partition coefficient (Wildman–Crippen LogP) is 3.98. The van der Waals surface area contributed by atoms with E-state index in [-0.39, 0.29) is 0 Å².